The van der Waals surface area contributed by atoms with Crippen molar-refractivity contribution in [3.63, 3.8) is 0 Å². The van der Waals surface area contributed by atoms with Gasteiger partial charge in [-0.2, -0.15) is 0 Å². The Bertz CT molecular complexity index is 1360. The van der Waals surface area contributed by atoms with Crippen molar-refractivity contribution >= 4 is 28.5 Å². The summed E-state index contributed by atoms with van der Waals surface area (Å²) in [5.74, 6) is 3.76. The Labute approximate surface area is 218 Å². The number of likely N-dealkylation sites (tertiary alicyclic amines) is 1. The molecule has 1 N–H and O–H groups in total. The molecule has 0 amide bonds. The lowest BCUT2D eigenvalue weighted by molar-refractivity contribution is -0.152. The number of hydrogen-bond donors (Lipinski definition) is 1. The minimum absolute atomic E-state index is 0.00794. The van der Waals surface area contributed by atoms with E-state index in [0.717, 1.165) is 12.1 Å². The van der Waals surface area contributed by atoms with Crippen molar-refractivity contribution in [1.82, 2.24) is 9.88 Å². The van der Waals surface area contributed by atoms with E-state index in [9.17, 15) is 18.7 Å². The molecule has 1 atom stereocenters. The number of aliphatic carboxylic acids is 1. The van der Waals surface area contributed by atoms with E-state index in [4.69, 9.17) is 16.3 Å². The molecule has 1 fully saturated rings. The maximum Gasteiger partial charge on any atom is 0.309 e. The predicted octanol–water partition coefficient (Wildman–Crippen LogP) is 6.18. The highest BCUT2D eigenvalue weighted by molar-refractivity contribution is 6.32. The number of carboxylic acid groups (broad SMARTS) is 1. The summed E-state index contributed by atoms with van der Waals surface area (Å²) < 4.78 is 47.6. The van der Waals surface area contributed by atoms with Gasteiger partial charge in [-0.05, 0) is 56.0 Å². The van der Waals surface area contributed by atoms with E-state index in [1.54, 1.807) is 18.2 Å². The van der Waals surface area contributed by atoms with Gasteiger partial charge in [0.05, 0.1) is 35.2 Å². The predicted molar refractivity (Wildman–Crippen MR) is 135 cm³/mol. The van der Waals surface area contributed by atoms with E-state index in [2.05, 4.69) is 16.8 Å². The summed E-state index contributed by atoms with van der Waals surface area (Å²) in [5.41, 5.74) is -0.102. The molecule has 1 aliphatic rings. The van der Waals surface area contributed by atoms with Gasteiger partial charge >= 0.3 is 5.97 Å². The van der Waals surface area contributed by atoms with Crippen LogP contribution in [0.2, 0.25) is 5.02 Å². The lowest BCUT2D eigenvalue weighted by Gasteiger charge is -2.38. The van der Waals surface area contributed by atoms with Crippen LogP contribution in [0.1, 0.15) is 43.0 Å². The van der Waals surface area contributed by atoms with Crippen molar-refractivity contribution in [3.8, 4) is 17.6 Å². The fraction of sp³-hybridized carbons (Fsp3) is 0.357. The smallest absolute Gasteiger partial charge is 0.309 e. The molecular weight excluding hydrogens is 505 g/mol. The summed E-state index contributed by atoms with van der Waals surface area (Å²) in [6.07, 6.45) is 0.735. The zero-order valence-electron chi connectivity index (χ0n) is 20.2. The Balaban J connectivity index is 1.41. The molecule has 1 aromatic heterocycles. The number of alkyl halides is 1. The first-order valence-corrected chi connectivity index (χ1v) is 12.3. The third kappa shape index (κ3) is 6.00. The van der Waals surface area contributed by atoms with Gasteiger partial charge in [0.15, 0.2) is 0 Å². The van der Waals surface area contributed by atoms with Crippen LogP contribution in [0.5, 0.6) is 5.75 Å². The highest BCUT2D eigenvalue weighted by Gasteiger charge is 2.41. The van der Waals surface area contributed by atoms with Gasteiger partial charge in [0.1, 0.15) is 23.6 Å². The van der Waals surface area contributed by atoms with Crippen LogP contribution in [0.15, 0.2) is 42.6 Å². The van der Waals surface area contributed by atoms with Crippen molar-refractivity contribution in [2.75, 3.05) is 26.7 Å². The molecule has 1 unspecified atom stereocenters. The fourth-order valence-corrected chi connectivity index (χ4v) is 4.98. The molecule has 37 heavy (non-hydrogen) atoms. The van der Waals surface area contributed by atoms with Crippen molar-refractivity contribution in [1.29, 1.82) is 0 Å². The van der Waals surface area contributed by atoms with E-state index in [1.807, 2.05) is 4.90 Å². The first-order valence-electron chi connectivity index (χ1n) is 11.9. The molecule has 1 aliphatic heterocycles. The first-order chi connectivity index (χ1) is 17.7. The molecule has 2 aromatic carbocycles. The SMILES string of the molecule is COc1ccc2ncc(Cl)c(C(F)CCC3(C(=O)O)CCN(CC#Cc4ccc(F)cc4F)CC3)c2c1. The first kappa shape index (κ1) is 26.8. The third-order valence-electron chi connectivity index (χ3n) is 6.98. The molecular formula is C28H26ClF3N2O3. The number of halogens is 4. The van der Waals surface area contributed by atoms with Gasteiger partial charge in [0.2, 0.25) is 0 Å². The van der Waals surface area contributed by atoms with Crippen LogP contribution in [0.25, 0.3) is 10.9 Å². The van der Waals surface area contributed by atoms with E-state index in [-0.39, 0.29) is 29.0 Å². The second-order valence-corrected chi connectivity index (χ2v) is 9.60. The van der Waals surface area contributed by atoms with Gasteiger partial charge in [-0.25, -0.2) is 13.2 Å². The molecule has 0 spiro atoms. The Hall–Kier alpha value is -3.28. The Morgan fingerprint density at radius 2 is 2.00 bits per heavy atom. The number of hydrogen-bond acceptors (Lipinski definition) is 4. The van der Waals surface area contributed by atoms with Crippen molar-refractivity contribution < 1.29 is 27.8 Å². The number of pyridine rings is 1. The molecule has 0 saturated carbocycles. The van der Waals surface area contributed by atoms with Crippen molar-refractivity contribution in [2.24, 2.45) is 5.41 Å². The minimum atomic E-state index is -1.48. The topological polar surface area (TPSA) is 62.7 Å². The Morgan fingerprint density at radius 3 is 2.68 bits per heavy atom. The highest BCUT2D eigenvalue weighted by atomic mass is 35.5. The summed E-state index contributed by atoms with van der Waals surface area (Å²) in [4.78, 5) is 18.5. The molecule has 5 nitrogen and oxygen atoms in total. The number of methoxy groups -OCH3 is 1. The van der Waals surface area contributed by atoms with Gasteiger partial charge in [-0.1, -0.05) is 23.4 Å². The second-order valence-electron chi connectivity index (χ2n) is 9.20. The zero-order valence-corrected chi connectivity index (χ0v) is 21.0. The number of nitrogens with zero attached hydrogens (tertiary/aromatic N) is 2. The largest absolute Gasteiger partial charge is 0.497 e. The Kier molecular flexibility index (Phi) is 8.25. The van der Waals surface area contributed by atoms with E-state index < -0.39 is 29.2 Å². The van der Waals surface area contributed by atoms with Gasteiger partial charge in [-0.15, -0.1) is 0 Å². The molecule has 2 heterocycles. The van der Waals surface area contributed by atoms with Gasteiger partial charge in [0.25, 0.3) is 0 Å². The number of carbonyl (C=O) groups is 1. The Morgan fingerprint density at radius 1 is 1.24 bits per heavy atom. The summed E-state index contributed by atoms with van der Waals surface area (Å²) in [5, 5.41) is 10.8. The van der Waals surface area contributed by atoms with Gasteiger partial charge < -0.3 is 9.84 Å². The lowest BCUT2D eigenvalue weighted by Crippen LogP contribution is -2.44. The van der Waals surface area contributed by atoms with Crippen LogP contribution in [-0.4, -0.2) is 47.7 Å². The van der Waals surface area contributed by atoms with Crippen molar-refractivity contribution in [2.45, 2.75) is 31.9 Å². The van der Waals surface area contributed by atoms with Crippen LogP contribution >= 0.6 is 11.6 Å². The summed E-state index contributed by atoms with van der Waals surface area (Å²) >= 11 is 6.32. The fourth-order valence-electron chi connectivity index (χ4n) is 4.71. The molecule has 0 radical (unpaired) electrons. The van der Waals surface area contributed by atoms with Crippen LogP contribution in [0.4, 0.5) is 13.2 Å². The van der Waals surface area contributed by atoms with Crippen molar-refractivity contribution in [3.05, 3.63) is 70.4 Å². The number of carboxylic acids is 1. The van der Waals surface area contributed by atoms with Gasteiger partial charge in [0, 0.05) is 36.3 Å². The van der Waals surface area contributed by atoms with E-state index in [1.165, 1.54) is 19.4 Å². The number of fused-ring (bicyclic) bond motifs is 1. The highest BCUT2D eigenvalue weighted by Crippen LogP contribution is 2.42. The number of rotatable bonds is 7. The van der Waals surface area contributed by atoms with E-state index >= 15 is 4.39 Å². The van der Waals surface area contributed by atoms with Crippen LogP contribution < -0.4 is 4.74 Å². The summed E-state index contributed by atoms with van der Waals surface area (Å²) in [6.45, 7) is 1.23. The molecule has 0 aliphatic carbocycles. The summed E-state index contributed by atoms with van der Waals surface area (Å²) in [7, 11) is 1.52. The maximum atomic E-state index is 15.6. The molecule has 1 saturated heterocycles. The van der Waals surface area contributed by atoms with Crippen LogP contribution in [0.3, 0.4) is 0 Å². The third-order valence-corrected chi connectivity index (χ3v) is 7.28. The monoisotopic (exact) mass is 530 g/mol. The molecule has 9 heteroatoms. The molecule has 194 valence electrons. The lowest BCUT2D eigenvalue weighted by atomic mass is 9.74. The molecule has 0 bridgehead atoms. The van der Waals surface area contributed by atoms with Gasteiger partial charge in [-0.3, -0.25) is 14.7 Å². The maximum absolute atomic E-state index is 15.6. The van der Waals surface area contributed by atoms with Crippen LogP contribution in [0, 0.1) is 28.9 Å². The molecule has 3 aromatic rings. The quantitative estimate of drug-likeness (QED) is 0.369. The number of piperidine rings is 1. The number of benzene rings is 2. The van der Waals surface area contributed by atoms with Crippen LogP contribution in [-0.2, 0) is 4.79 Å². The number of ether oxygens (including phenoxy) is 1. The average Bonchev–Trinajstić information content (AvgIpc) is 2.88. The van der Waals surface area contributed by atoms with E-state index in [0.29, 0.717) is 49.1 Å². The normalized spacial score (nSPS) is 16.1. The zero-order chi connectivity index (χ0) is 26.6. The summed E-state index contributed by atoms with van der Waals surface area (Å²) in [6, 6.07) is 8.34. The minimum Gasteiger partial charge on any atom is -0.497 e. The molecule has 4 rings (SSSR count). The second kappa shape index (κ2) is 11.4. The average molecular weight is 531 g/mol. The standard InChI is InChI=1S/C28H26ClF3N2O3/c1-37-20-6-7-25-21(16-20)26(22(29)17-33-25)23(31)8-9-28(27(35)36)10-13-34(14-11-28)12-2-3-18-4-5-19(30)15-24(18)32/h4-7,15-17,23H,8-14H2,1H3,(H,35,36). The number of aromatic nitrogens is 1.